The molecule has 2 rings (SSSR count). The first-order chi connectivity index (χ1) is 10.8. The number of hydrogen-bond donors (Lipinski definition) is 0. The molecule has 0 aromatic heterocycles. The van der Waals surface area contributed by atoms with E-state index in [-0.39, 0.29) is 17.4 Å². The molecular formula is C16H19F3N2O2. The smallest absolute Gasteiger partial charge is 0.341 e. The fourth-order valence-corrected chi connectivity index (χ4v) is 2.58. The molecular weight excluding hydrogens is 309 g/mol. The van der Waals surface area contributed by atoms with Crippen molar-refractivity contribution in [1.29, 1.82) is 0 Å². The summed E-state index contributed by atoms with van der Waals surface area (Å²) in [7, 11) is 0. The largest absolute Gasteiger partial charge is 0.416 e. The van der Waals surface area contributed by atoms with Crippen molar-refractivity contribution in [1.82, 2.24) is 9.80 Å². The Morgan fingerprint density at radius 1 is 1.00 bits per heavy atom. The maximum absolute atomic E-state index is 12.5. The number of amides is 2. The van der Waals surface area contributed by atoms with Gasteiger partial charge < -0.3 is 9.80 Å². The van der Waals surface area contributed by atoms with Crippen molar-refractivity contribution in [3.8, 4) is 0 Å². The molecule has 0 saturated carbocycles. The highest BCUT2D eigenvalue weighted by Crippen LogP contribution is 2.29. The summed E-state index contributed by atoms with van der Waals surface area (Å²) in [6, 6.07) is 4.23. The predicted octanol–water partition coefficient (Wildman–Crippen LogP) is 2.79. The van der Waals surface area contributed by atoms with E-state index in [1.807, 2.05) is 0 Å². The first kappa shape index (κ1) is 17.3. The summed E-state index contributed by atoms with van der Waals surface area (Å²) < 4.78 is 37.6. The molecule has 1 aliphatic rings. The predicted molar refractivity (Wildman–Crippen MR) is 78.8 cm³/mol. The average molecular weight is 328 g/mol. The molecule has 23 heavy (non-hydrogen) atoms. The Morgan fingerprint density at radius 3 is 2.13 bits per heavy atom. The van der Waals surface area contributed by atoms with E-state index in [1.165, 1.54) is 12.1 Å². The minimum absolute atomic E-state index is 0.0498. The topological polar surface area (TPSA) is 40.6 Å². The van der Waals surface area contributed by atoms with Crippen molar-refractivity contribution in [2.75, 3.05) is 26.2 Å². The van der Waals surface area contributed by atoms with Crippen molar-refractivity contribution in [3.63, 3.8) is 0 Å². The molecule has 1 saturated heterocycles. The molecule has 7 heteroatoms. The van der Waals surface area contributed by atoms with Crippen LogP contribution in [-0.2, 0) is 11.0 Å². The molecule has 0 aliphatic carbocycles. The standard InChI is InChI=1S/C16H19F3N2O2/c1-2-14(22)20-8-3-9-21(11-10-20)15(23)12-4-6-13(7-5-12)16(17,18)19/h4-7H,2-3,8-11H2,1H3. The Hall–Kier alpha value is -2.05. The minimum Gasteiger partial charge on any atom is -0.341 e. The lowest BCUT2D eigenvalue weighted by molar-refractivity contribution is -0.137. The van der Waals surface area contributed by atoms with Crippen LogP contribution in [0, 0.1) is 0 Å². The maximum Gasteiger partial charge on any atom is 0.416 e. The minimum atomic E-state index is -4.41. The van der Waals surface area contributed by atoms with Gasteiger partial charge in [0, 0.05) is 38.2 Å². The van der Waals surface area contributed by atoms with Gasteiger partial charge in [-0.1, -0.05) is 6.92 Å². The van der Waals surface area contributed by atoms with E-state index in [9.17, 15) is 22.8 Å². The summed E-state index contributed by atoms with van der Waals surface area (Å²) in [4.78, 5) is 27.4. The van der Waals surface area contributed by atoms with E-state index in [4.69, 9.17) is 0 Å². The summed E-state index contributed by atoms with van der Waals surface area (Å²) in [6.45, 7) is 3.74. The lowest BCUT2D eigenvalue weighted by atomic mass is 10.1. The molecule has 1 aromatic rings. The van der Waals surface area contributed by atoms with Crippen LogP contribution in [-0.4, -0.2) is 47.8 Å². The lowest BCUT2D eigenvalue weighted by Crippen LogP contribution is -2.37. The molecule has 1 aromatic carbocycles. The van der Waals surface area contributed by atoms with Gasteiger partial charge in [-0.2, -0.15) is 13.2 Å². The highest BCUT2D eigenvalue weighted by Gasteiger charge is 2.30. The number of hydrogen-bond acceptors (Lipinski definition) is 2. The van der Waals surface area contributed by atoms with Gasteiger partial charge in [0.1, 0.15) is 0 Å². The van der Waals surface area contributed by atoms with E-state index < -0.39 is 11.7 Å². The summed E-state index contributed by atoms with van der Waals surface area (Å²) >= 11 is 0. The molecule has 0 N–H and O–H groups in total. The number of halogens is 3. The number of nitrogens with zero attached hydrogens (tertiary/aromatic N) is 2. The molecule has 0 unspecified atom stereocenters. The van der Waals surface area contributed by atoms with E-state index in [0.29, 0.717) is 39.0 Å². The van der Waals surface area contributed by atoms with Crippen LogP contribution in [0.2, 0.25) is 0 Å². The van der Waals surface area contributed by atoms with Crippen molar-refractivity contribution in [2.45, 2.75) is 25.9 Å². The SMILES string of the molecule is CCC(=O)N1CCCN(C(=O)c2ccc(C(F)(F)F)cc2)CC1. The lowest BCUT2D eigenvalue weighted by Gasteiger charge is -2.22. The van der Waals surface area contributed by atoms with Crippen LogP contribution in [0.1, 0.15) is 35.7 Å². The Kier molecular flexibility index (Phi) is 5.28. The quantitative estimate of drug-likeness (QED) is 0.838. The number of benzene rings is 1. The zero-order chi connectivity index (χ0) is 17.0. The van der Waals surface area contributed by atoms with E-state index in [1.54, 1.807) is 16.7 Å². The van der Waals surface area contributed by atoms with Crippen LogP contribution in [0.4, 0.5) is 13.2 Å². The van der Waals surface area contributed by atoms with Crippen LogP contribution in [0.3, 0.4) is 0 Å². The monoisotopic (exact) mass is 328 g/mol. The molecule has 1 aliphatic heterocycles. The highest BCUT2D eigenvalue weighted by molar-refractivity contribution is 5.94. The summed E-state index contributed by atoms with van der Waals surface area (Å²) in [5.74, 6) is -0.252. The second-order valence-corrected chi connectivity index (χ2v) is 5.46. The highest BCUT2D eigenvalue weighted by atomic mass is 19.4. The van der Waals surface area contributed by atoms with Gasteiger partial charge >= 0.3 is 6.18 Å². The van der Waals surface area contributed by atoms with E-state index in [2.05, 4.69) is 0 Å². The zero-order valence-corrected chi connectivity index (χ0v) is 12.9. The molecule has 126 valence electrons. The third-order valence-corrected chi connectivity index (χ3v) is 3.90. The number of carbonyl (C=O) groups is 2. The molecule has 1 fully saturated rings. The molecule has 1 heterocycles. The number of carbonyl (C=O) groups excluding carboxylic acids is 2. The van der Waals surface area contributed by atoms with Gasteiger partial charge in [-0.15, -0.1) is 0 Å². The molecule has 0 bridgehead atoms. The van der Waals surface area contributed by atoms with Crippen molar-refractivity contribution >= 4 is 11.8 Å². The van der Waals surface area contributed by atoms with Crippen molar-refractivity contribution in [3.05, 3.63) is 35.4 Å². The maximum atomic E-state index is 12.5. The second-order valence-electron chi connectivity index (χ2n) is 5.46. The van der Waals surface area contributed by atoms with Crippen molar-refractivity contribution < 1.29 is 22.8 Å². The molecule has 0 atom stereocenters. The van der Waals surface area contributed by atoms with Gasteiger partial charge in [0.25, 0.3) is 5.91 Å². The normalized spacial score (nSPS) is 16.2. The number of alkyl halides is 3. The Labute approximate surface area is 132 Å². The van der Waals surface area contributed by atoms with Crippen LogP contribution >= 0.6 is 0 Å². The first-order valence-corrected chi connectivity index (χ1v) is 7.57. The fourth-order valence-electron chi connectivity index (χ4n) is 2.58. The van der Waals surface area contributed by atoms with E-state index >= 15 is 0 Å². The van der Waals surface area contributed by atoms with Crippen molar-refractivity contribution in [2.24, 2.45) is 0 Å². The Bertz CT molecular complexity index is 570. The van der Waals surface area contributed by atoms with Gasteiger partial charge in [-0.3, -0.25) is 9.59 Å². The van der Waals surface area contributed by atoms with Gasteiger partial charge in [0.05, 0.1) is 5.56 Å². The molecule has 0 radical (unpaired) electrons. The fraction of sp³-hybridized carbons (Fsp3) is 0.500. The van der Waals surface area contributed by atoms with Gasteiger partial charge in [-0.25, -0.2) is 0 Å². The third kappa shape index (κ3) is 4.24. The molecule has 4 nitrogen and oxygen atoms in total. The van der Waals surface area contributed by atoms with Crippen LogP contribution in [0.15, 0.2) is 24.3 Å². The van der Waals surface area contributed by atoms with E-state index in [0.717, 1.165) is 12.1 Å². The molecule has 0 spiro atoms. The zero-order valence-electron chi connectivity index (χ0n) is 12.9. The Morgan fingerprint density at radius 2 is 1.57 bits per heavy atom. The second kappa shape index (κ2) is 7.02. The summed E-state index contributed by atoms with van der Waals surface area (Å²) in [5, 5.41) is 0. The van der Waals surface area contributed by atoms with Gasteiger partial charge in [0.15, 0.2) is 0 Å². The van der Waals surface area contributed by atoms with Crippen LogP contribution < -0.4 is 0 Å². The van der Waals surface area contributed by atoms with Gasteiger partial charge in [-0.05, 0) is 30.7 Å². The average Bonchev–Trinajstić information content (AvgIpc) is 2.78. The third-order valence-electron chi connectivity index (χ3n) is 3.90. The number of rotatable bonds is 2. The summed E-state index contributed by atoms with van der Waals surface area (Å²) in [6.07, 6.45) is -3.32. The van der Waals surface area contributed by atoms with Crippen LogP contribution in [0.25, 0.3) is 0 Å². The Balaban J connectivity index is 2.04. The first-order valence-electron chi connectivity index (χ1n) is 7.57. The van der Waals surface area contributed by atoms with Gasteiger partial charge in [0.2, 0.25) is 5.91 Å². The summed E-state index contributed by atoms with van der Waals surface area (Å²) in [5.41, 5.74) is -0.544. The molecule has 2 amide bonds. The van der Waals surface area contributed by atoms with Crippen LogP contribution in [0.5, 0.6) is 0 Å².